The Bertz CT molecular complexity index is 1560. The van der Waals surface area contributed by atoms with Crippen molar-refractivity contribution in [1.82, 2.24) is 0 Å². The van der Waals surface area contributed by atoms with Crippen molar-refractivity contribution >= 4 is 35.1 Å². The number of hydrogen-bond donors (Lipinski definition) is 1. The smallest absolute Gasteiger partial charge is 0.238 e. The van der Waals surface area contributed by atoms with Gasteiger partial charge in [-0.1, -0.05) is 48.1 Å². The molecule has 4 unspecified atom stereocenters. The van der Waals surface area contributed by atoms with Gasteiger partial charge in [0, 0.05) is 22.6 Å². The summed E-state index contributed by atoms with van der Waals surface area (Å²) in [5.74, 6) is -2.56. The number of allylic oxidation sites excluding steroid dienone is 7. The number of imide groups is 1. The molecule has 1 N–H and O–H groups in total. The zero-order valence-corrected chi connectivity index (χ0v) is 21.6. The van der Waals surface area contributed by atoms with E-state index in [0.29, 0.717) is 34.6 Å². The van der Waals surface area contributed by atoms with Gasteiger partial charge < -0.3 is 9.84 Å². The van der Waals surface area contributed by atoms with Crippen LogP contribution in [-0.2, 0) is 19.2 Å². The standard InChI is InChI=1S/C32H27NO6/c1-17-14-26(35)28-21(10-8-18-9-13-25(34)27(15-18)39-2)20-11-12-22-29(23(20)16-24(28)30(17)36)32(38)33(31(22)37)19-6-4-3-5-7-19/h3-11,13-15,21-23,29,34H,12,16H2,1-2H3. The van der Waals surface area contributed by atoms with E-state index >= 15 is 0 Å². The molecule has 2 aromatic rings. The van der Waals surface area contributed by atoms with E-state index in [-0.39, 0.29) is 41.5 Å². The third kappa shape index (κ3) is 3.88. The first kappa shape index (κ1) is 24.8. The molecule has 7 heteroatoms. The van der Waals surface area contributed by atoms with Crippen molar-refractivity contribution in [1.29, 1.82) is 0 Å². The second kappa shape index (κ2) is 9.34. The Labute approximate surface area is 225 Å². The van der Waals surface area contributed by atoms with Crippen LogP contribution in [0.5, 0.6) is 11.5 Å². The number of benzene rings is 2. The minimum Gasteiger partial charge on any atom is -0.504 e. The molecule has 6 rings (SSSR count). The molecular formula is C32H27NO6. The van der Waals surface area contributed by atoms with E-state index in [0.717, 1.165) is 11.1 Å². The molecule has 0 saturated carbocycles. The molecule has 1 aliphatic heterocycles. The molecule has 1 fully saturated rings. The highest BCUT2D eigenvalue weighted by Gasteiger charge is 2.56. The van der Waals surface area contributed by atoms with Crippen molar-refractivity contribution in [3.63, 3.8) is 0 Å². The Hall–Kier alpha value is -4.52. The van der Waals surface area contributed by atoms with E-state index < -0.39 is 17.8 Å². The highest BCUT2D eigenvalue weighted by atomic mass is 16.5. The number of rotatable bonds is 4. The Morgan fingerprint density at radius 1 is 1.00 bits per heavy atom. The Balaban J connectivity index is 1.43. The minimum absolute atomic E-state index is 0.0134. The lowest BCUT2D eigenvalue weighted by molar-refractivity contribution is -0.123. The van der Waals surface area contributed by atoms with E-state index in [2.05, 4.69) is 0 Å². The molecule has 0 aromatic heterocycles. The van der Waals surface area contributed by atoms with Gasteiger partial charge in [0.25, 0.3) is 0 Å². The lowest BCUT2D eigenvalue weighted by Gasteiger charge is -2.41. The van der Waals surface area contributed by atoms with Crippen molar-refractivity contribution < 1.29 is 29.0 Å². The van der Waals surface area contributed by atoms with Crippen molar-refractivity contribution in [3.05, 3.63) is 94.6 Å². The molecule has 7 nitrogen and oxygen atoms in total. The quantitative estimate of drug-likeness (QED) is 0.359. The number of phenols is 1. The monoisotopic (exact) mass is 521 g/mol. The van der Waals surface area contributed by atoms with Gasteiger partial charge in [-0.15, -0.1) is 0 Å². The van der Waals surface area contributed by atoms with E-state index in [1.54, 1.807) is 43.3 Å². The highest BCUT2D eigenvalue weighted by Crippen LogP contribution is 2.53. The predicted molar refractivity (Wildman–Crippen MR) is 145 cm³/mol. The van der Waals surface area contributed by atoms with Gasteiger partial charge in [-0.3, -0.25) is 24.1 Å². The number of para-hydroxylation sites is 1. The Kier molecular flexibility index (Phi) is 5.94. The number of carbonyl (C=O) groups excluding carboxylic acids is 4. The average Bonchev–Trinajstić information content (AvgIpc) is 3.20. The summed E-state index contributed by atoms with van der Waals surface area (Å²) in [7, 11) is 1.47. The number of nitrogens with zero attached hydrogens (tertiary/aromatic N) is 1. The van der Waals surface area contributed by atoms with E-state index in [9.17, 15) is 24.3 Å². The van der Waals surface area contributed by atoms with Gasteiger partial charge in [0.05, 0.1) is 24.6 Å². The number of hydrogen-bond acceptors (Lipinski definition) is 6. The molecule has 3 aliphatic carbocycles. The molecule has 2 aromatic carbocycles. The molecule has 196 valence electrons. The van der Waals surface area contributed by atoms with E-state index in [1.165, 1.54) is 24.2 Å². The number of Topliss-reactive ketones (excluding diaryl/α,β-unsaturated/α-hetero) is 1. The summed E-state index contributed by atoms with van der Waals surface area (Å²) in [5.41, 5.74) is 3.42. The van der Waals surface area contributed by atoms with Crippen LogP contribution in [0.3, 0.4) is 0 Å². The number of carbonyl (C=O) groups is 4. The van der Waals surface area contributed by atoms with E-state index in [1.807, 2.05) is 24.3 Å². The fourth-order valence-corrected chi connectivity index (χ4v) is 6.50. The highest BCUT2D eigenvalue weighted by molar-refractivity contribution is 6.24. The number of fused-ring (bicyclic) bond motifs is 3. The number of methoxy groups -OCH3 is 1. The second-order valence-corrected chi connectivity index (χ2v) is 10.4. The summed E-state index contributed by atoms with van der Waals surface area (Å²) in [4.78, 5) is 55.1. The van der Waals surface area contributed by atoms with Gasteiger partial charge >= 0.3 is 0 Å². The minimum atomic E-state index is -0.606. The number of phenolic OH excluding ortho intramolecular Hbond substituents is 1. The van der Waals surface area contributed by atoms with Gasteiger partial charge in [0.15, 0.2) is 23.1 Å². The molecule has 0 spiro atoms. The summed E-state index contributed by atoms with van der Waals surface area (Å²) in [6.07, 6.45) is 7.71. The lowest BCUT2D eigenvalue weighted by atomic mass is 9.60. The van der Waals surface area contributed by atoms with Gasteiger partial charge in [-0.25, -0.2) is 0 Å². The number of ether oxygens (including phenoxy) is 1. The first-order valence-corrected chi connectivity index (χ1v) is 13.0. The van der Waals surface area contributed by atoms with Crippen LogP contribution in [0.25, 0.3) is 6.08 Å². The third-order valence-corrected chi connectivity index (χ3v) is 8.31. The van der Waals surface area contributed by atoms with Crippen LogP contribution in [0, 0.1) is 23.7 Å². The van der Waals surface area contributed by atoms with Crippen LogP contribution in [-0.4, -0.2) is 35.6 Å². The van der Waals surface area contributed by atoms with Crippen LogP contribution in [0.2, 0.25) is 0 Å². The van der Waals surface area contributed by atoms with Crippen molar-refractivity contribution in [2.75, 3.05) is 12.0 Å². The molecule has 0 bridgehead atoms. The normalized spacial score (nSPS) is 26.4. The Morgan fingerprint density at radius 3 is 2.51 bits per heavy atom. The largest absolute Gasteiger partial charge is 0.504 e. The number of aromatic hydroxyl groups is 1. The summed E-state index contributed by atoms with van der Waals surface area (Å²) < 4.78 is 5.22. The second-order valence-electron chi connectivity index (χ2n) is 10.4. The SMILES string of the molecule is COc1cc(C=CC2C3=CCC4C(=O)N(c5ccccc5)C(=O)C4C3CC3=C2C(=O)C=C(C)C3=O)ccc1O. The topological polar surface area (TPSA) is 101 Å². The maximum Gasteiger partial charge on any atom is 0.238 e. The molecule has 1 heterocycles. The fourth-order valence-electron chi connectivity index (χ4n) is 6.50. The Morgan fingerprint density at radius 2 is 1.77 bits per heavy atom. The molecule has 1 saturated heterocycles. The summed E-state index contributed by atoms with van der Waals surface area (Å²) in [6, 6.07) is 13.8. The maximum atomic E-state index is 13.8. The molecule has 4 atom stereocenters. The predicted octanol–water partition coefficient (Wildman–Crippen LogP) is 4.58. The summed E-state index contributed by atoms with van der Waals surface area (Å²) >= 11 is 0. The van der Waals surface area contributed by atoms with Crippen molar-refractivity contribution in [3.8, 4) is 11.5 Å². The fraction of sp³-hybridized carbons (Fsp3) is 0.250. The van der Waals surface area contributed by atoms with Crippen LogP contribution >= 0.6 is 0 Å². The van der Waals surface area contributed by atoms with Crippen molar-refractivity contribution in [2.24, 2.45) is 23.7 Å². The summed E-state index contributed by atoms with van der Waals surface area (Å²) in [5, 5.41) is 9.97. The third-order valence-electron chi connectivity index (χ3n) is 8.31. The molecule has 2 amide bonds. The summed E-state index contributed by atoms with van der Waals surface area (Å²) in [6.45, 7) is 1.63. The average molecular weight is 522 g/mol. The van der Waals surface area contributed by atoms with Gasteiger partial charge in [-0.05, 0) is 61.6 Å². The van der Waals surface area contributed by atoms with Gasteiger partial charge in [-0.2, -0.15) is 0 Å². The molecular weight excluding hydrogens is 494 g/mol. The van der Waals surface area contributed by atoms with Crippen LogP contribution in [0.15, 0.2) is 89.1 Å². The molecule has 4 aliphatic rings. The maximum absolute atomic E-state index is 13.8. The van der Waals surface area contributed by atoms with Crippen molar-refractivity contribution in [2.45, 2.75) is 19.8 Å². The van der Waals surface area contributed by atoms with E-state index in [4.69, 9.17) is 4.74 Å². The van der Waals surface area contributed by atoms with Gasteiger partial charge in [0.2, 0.25) is 11.8 Å². The first-order valence-electron chi connectivity index (χ1n) is 13.0. The van der Waals surface area contributed by atoms with Crippen LogP contribution < -0.4 is 9.64 Å². The number of ketones is 2. The first-order chi connectivity index (χ1) is 18.8. The molecule has 39 heavy (non-hydrogen) atoms. The lowest BCUT2D eigenvalue weighted by Crippen LogP contribution is -2.40. The number of amides is 2. The van der Waals surface area contributed by atoms with Gasteiger partial charge in [0.1, 0.15) is 0 Å². The van der Waals surface area contributed by atoms with Crippen LogP contribution in [0.1, 0.15) is 25.3 Å². The molecule has 0 radical (unpaired) electrons. The number of anilines is 1. The zero-order chi connectivity index (χ0) is 27.4. The zero-order valence-electron chi connectivity index (χ0n) is 21.6. The van der Waals surface area contributed by atoms with Crippen LogP contribution in [0.4, 0.5) is 5.69 Å².